The third kappa shape index (κ3) is 8.72. The molecule has 2 N–H and O–H groups in total. The normalized spacial score (nSPS) is 12.0. The van der Waals surface area contributed by atoms with Gasteiger partial charge in [0.25, 0.3) is 0 Å². The van der Waals surface area contributed by atoms with Crippen molar-refractivity contribution in [3.05, 3.63) is 79.1 Å². The summed E-state index contributed by atoms with van der Waals surface area (Å²) < 4.78 is 33.2. The first-order valence-corrected chi connectivity index (χ1v) is 13.9. The number of nitrogens with one attached hydrogen (secondary N) is 2. The molecule has 1 heterocycles. The Morgan fingerprint density at radius 3 is 2.10 bits per heavy atom. The van der Waals surface area contributed by atoms with Crippen LogP contribution in [-0.2, 0) is 24.4 Å². The van der Waals surface area contributed by atoms with Gasteiger partial charge in [-0.1, -0.05) is 32.0 Å². The van der Waals surface area contributed by atoms with Crippen LogP contribution in [-0.4, -0.2) is 50.1 Å². The van der Waals surface area contributed by atoms with Crippen molar-refractivity contribution in [1.82, 2.24) is 15.0 Å². The highest BCUT2D eigenvalue weighted by Crippen LogP contribution is 2.23. The zero-order valence-electron chi connectivity index (χ0n) is 22.0. The second-order valence-electron chi connectivity index (χ2n) is 9.21. The Bertz CT molecular complexity index is 1360. The Kier molecular flexibility index (Phi) is 10.3. The molecule has 10 nitrogen and oxygen atoms in total. The SMILES string of the molecule is CC(=O)N(c1ccncc1)[C@@H](CC(C)C)C(=O)NCC(=O)CNS(=O)(=O)c1ccc(Oc2ccccc2)cc1. The first-order valence-electron chi connectivity index (χ1n) is 12.4. The van der Waals surface area contributed by atoms with Crippen LogP contribution in [0.4, 0.5) is 5.69 Å². The maximum atomic E-state index is 13.1. The van der Waals surface area contributed by atoms with E-state index in [1.165, 1.54) is 48.5 Å². The number of sulfonamides is 1. The van der Waals surface area contributed by atoms with Crippen molar-refractivity contribution >= 4 is 33.3 Å². The van der Waals surface area contributed by atoms with Crippen LogP contribution in [0, 0.1) is 5.92 Å². The molecule has 39 heavy (non-hydrogen) atoms. The molecule has 0 fully saturated rings. The molecular weight excluding hydrogens is 520 g/mol. The van der Waals surface area contributed by atoms with Crippen molar-refractivity contribution in [2.45, 2.75) is 38.1 Å². The molecule has 0 saturated carbocycles. The van der Waals surface area contributed by atoms with E-state index in [9.17, 15) is 22.8 Å². The molecule has 0 spiro atoms. The van der Waals surface area contributed by atoms with Gasteiger partial charge < -0.3 is 15.0 Å². The van der Waals surface area contributed by atoms with Crippen molar-refractivity contribution in [3.63, 3.8) is 0 Å². The predicted molar refractivity (Wildman–Crippen MR) is 147 cm³/mol. The molecule has 1 atom stereocenters. The minimum atomic E-state index is -3.97. The van der Waals surface area contributed by atoms with Crippen LogP contribution in [0.5, 0.6) is 11.5 Å². The monoisotopic (exact) mass is 552 g/mol. The third-order valence-corrected chi connectivity index (χ3v) is 7.04. The quantitative estimate of drug-likeness (QED) is 0.332. The smallest absolute Gasteiger partial charge is 0.243 e. The minimum Gasteiger partial charge on any atom is -0.457 e. The lowest BCUT2D eigenvalue weighted by molar-refractivity contribution is -0.127. The van der Waals surface area contributed by atoms with Gasteiger partial charge in [0, 0.05) is 25.0 Å². The molecule has 0 bridgehead atoms. The summed E-state index contributed by atoms with van der Waals surface area (Å²) in [7, 11) is -3.97. The molecule has 11 heteroatoms. The number of ether oxygens (including phenoxy) is 1. The fourth-order valence-corrected chi connectivity index (χ4v) is 4.81. The second-order valence-corrected chi connectivity index (χ2v) is 11.0. The van der Waals surface area contributed by atoms with Crippen LogP contribution in [0.3, 0.4) is 0 Å². The number of rotatable bonds is 13. The number of benzene rings is 2. The summed E-state index contributed by atoms with van der Waals surface area (Å²) in [6, 6.07) is 17.2. The molecule has 2 amide bonds. The van der Waals surface area contributed by atoms with Crippen LogP contribution in [0.1, 0.15) is 27.2 Å². The van der Waals surface area contributed by atoms with Gasteiger partial charge in [-0.05, 0) is 60.9 Å². The summed E-state index contributed by atoms with van der Waals surface area (Å²) in [6.07, 6.45) is 3.41. The van der Waals surface area contributed by atoms with Gasteiger partial charge in [-0.25, -0.2) is 13.1 Å². The zero-order chi connectivity index (χ0) is 28.4. The second kappa shape index (κ2) is 13.6. The van der Waals surface area contributed by atoms with Crippen molar-refractivity contribution in [1.29, 1.82) is 0 Å². The topological polar surface area (TPSA) is 135 Å². The molecule has 0 aliphatic heterocycles. The molecule has 3 aromatic rings. The molecule has 3 rings (SSSR count). The predicted octanol–water partition coefficient (Wildman–Crippen LogP) is 3.31. The average molecular weight is 553 g/mol. The highest BCUT2D eigenvalue weighted by Gasteiger charge is 2.30. The molecule has 2 aromatic carbocycles. The molecule has 206 valence electrons. The van der Waals surface area contributed by atoms with Crippen molar-refractivity contribution in [2.24, 2.45) is 5.92 Å². The Hall–Kier alpha value is -4.09. The first-order chi connectivity index (χ1) is 18.6. The standard InChI is InChI=1S/C28H32N4O6S/c1-20(2)17-27(32(21(3)33)22-13-15-29-16-14-22)28(35)30-18-23(34)19-31-39(36,37)26-11-9-25(10-12-26)38-24-7-5-4-6-8-24/h4-16,20,27,31H,17-19H2,1-3H3,(H,30,35)/t27-/m0/s1. The lowest BCUT2D eigenvalue weighted by Gasteiger charge is -2.31. The highest BCUT2D eigenvalue weighted by atomic mass is 32.2. The number of amides is 2. The Balaban J connectivity index is 1.58. The van der Waals surface area contributed by atoms with Gasteiger partial charge in [-0.2, -0.15) is 0 Å². The van der Waals surface area contributed by atoms with E-state index in [-0.39, 0.29) is 16.7 Å². The Morgan fingerprint density at radius 2 is 1.51 bits per heavy atom. The third-order valence-electron chi connectivity index (χ3n) is 5.62. The zero-order valence-corrected chi connectivity index (χ0v) is 22.9. The number of hydrogen-bond acceptors (Lipinski definition) is 7. The molecule has 0 aliphatic rings. The Labute approximate surface area is 228 Å². The van der Waals surface area contributed by atoms with Gasteiger partial charge in [0.2, 0.25) is 21.8 Å². The molecule has 0 aliphatic carbocycles. The largest absolute Gasteiger partial charge is 0.457 e. The minimum absolute atomic E-state index is 0.0359. The summed E-state index contributed by atoms with van der Waals surface area (Å²) in [5, 5.41) is 2.55. The van der Waals surface area contributed by atoms with Gasteiger partial charge >= 0.3 is 0 Å². The molecule has 0 radical (unpaired) electrons. The van der Waals surface area contributed by atoms with Gasteiger partial charge in [0.1, 0.15) is 17.5 Å². The van der Waals surface area contributed by atoms with Gasteiger partial charge in [-0.15, -0.1) is 0 Å². The molecule has 1 aromatic heterocycles. The van der Waals surface area contributed by atoms with Crippen LogP contribution in [0.2, 0.25) is 0 Å². The van der Waals surface area contributed by atoms with Crippen LogP contribution in [0.15, 0.2) is 84.0 Å². The van der Waals surface area contributed by atoms with E-state index in [1.807, 2.05) is 32.0 Å². The van der Waals surface area contributed by atoms with Crippen molar-refractivity contribution in [3.8, 4) is 11.5 Å². The number of pyridine rings is 1. The maximum absolute atomic E-state index is 13.1. The number of carbonyl (C=O) groups is 3. The molecule has 0 unspecified atom stereocenters. The lowest BCUT2D eigenvalue weighted by atomic mass is 10.0. The fraction of sp³-hybridized carbons (Fsp3) is 0.286. The summed E-state index contributed by atoms with van der Waals surface area (Å²) in [5.74, 6) is -0.237. The molecule has 0 saturated heterocycles. The van der Waals surface area contributed by atoms with Crippen molar-refractivity contribution in [2.75, 3.05) is 18.0 Å². The Morgan fingerprint density at radius 1 is 0.897 bits per heavy atom. The van der Waals surface area contributed by atoms with Crippen LogP contribution in [0.25, 0.3) is 0 Å². The van der Waals surface area contributed by atoms with E-state index in [1.54, 1.807) is 24.3 Å². The van der Waals surface area contributed by atoms with Crippen molar-refractivity contribution < 1.29 is 27.5 Å². The number of nitrogens with zero attached hydrogens (tertiary/aromatic N) is 2. The number of anilines is 1. The van der Waals surface area contributed by atoms with E-state index < -0.39 is 40.8 Å². The summed E-state index contributed by atoms with van der Waals surface area (Å²) >= 11 is 0. The number of aromatic nitrogens is 1. The number of Topliss-reactive ketones (excluding diaryl/α,β-unsaturated/α-hetero) is 1. The number of para-hydroxylation sites is 1. The number of ketones is 1. The summed E-state index contributed by atoms with van der Waals surface area (Å²) in [6.45, 7) is 4.29. The average Bonchev–Trinajstić information content (AvgIpc) is 2.91. The number of carbonyl (C=O) groups excluding carboxylic acids is 3. The van der Waals surface area contributed by atoms with E-state index >= 15 is 0 Å². The number of hydrogen-bond donors (Lipinski definition) is 2. The highest BCUT2D eigenvalue weighted by molar-refractivity contribution is 7.89. The summed E-state index contributed by atoms with van der Waals surface area (Å²) in [4.78, 5) is 43.2. The van der Waals surface area contributed by atoms with Gasteiger partial charge in [0.15, 0.2) is 5.78 Å². The first kappa shape index (κ1) is 29.5. The van der Waals surface area contributed by atoms with E-state index in [2.05, 4.69) is 15.0 Å². The van der Waals surface area contributed by atoms with Crippen LogP contribution >= 0.6 is 0 Å². The fourth-order valence-electron chi connectivity index (χ4n) is 3.80. The lowest BCUT2D eigenvalue weighted by Crippen LogP contribution is -2.51. The van der Waals surface area contributed by atoms with Gasteiger partial charge in [0.05, 0.1) is 18.0 Å². The van der Waals surface area contributed by atoms with E-state index in [0.29, 0.717) is 23.6 Å². The van der Waals surface area contributed by atoms with E-state index in [4.69, 9.17) is 4.74 Å². The summed E-state index contributed by atoms with van der Waals surface area (Å²) in [5.41, 5.74) is 0.512. The van der Waals surface area contributed by atoms with Crippen LogP contribution < -0.4 is 19.7 Å². The van der Waals surface area contributed by atoms with Gasteiger partial charge in [-0.3, -0.25) is 19.4 Å². The molecular formula is C28H32N4O6S. The van der Waals surface area contributed by atoms with E-state index in [0.717, 1.165) is 0 Å². The maximum Gasteiger partial charge on any atom is 0.243 e.